The maximum absolute atomic E-state index is 13.2. The Morgan fingerprint density at radius 3 is 2.44 bits per heavy atom. The number of hydrogen-bond donors (Lipinski definition) is 0. The molecule has 0 bridgehead atoms. The van der Waals surface area contributed by atoms with Crippen molar-refractivity contribution in [1.82, 2.24) is 4.90 Å². The first-order valence-corrected chi connectivity index (χ1v) is 13.5. The summed E-state index contributed by atoms with van der Waals surface area (Å²) in [6.07, 6.45) is 1.89. The van der Waals surface area contributed by atoms with Crippen LogP contribution in [0.4, 0.5) is 10.1 Å². The van der Waals surface area contributed by atoms with E-state index in [1.54, 1.807) is 17.0 Å². The molecule has 3 aromatic carbocycles. The van der Waals surface area contributed by atoms with E-state index in [4.69, 9.17) is 4.74 Å². The van der Waals surface area contributed by atoms with E-state index in [0.29, 0.717) is 28.9 Å². The smallest absolute Gasteiger partial charge is 0.266 e. The highest BCUT2D eigenvalue weighted by Crippen LogP contribution is 2.36. The molecule has 0 atom stereocenters. The number of benzene rings is 3. The number of halogens is 3. The van der Waals surface area contributed by atoms with Gasteiger partial charge in [-0.2, -0.15) is 0 Å². The molecule has 4 nitrogen and oxygen atoms in total. The highest BCUT2D eigenvalue weighted by Gasteiger charge is 2.32. The van der Waals surface area contributed by atoms with Crippen LogP contribution in [0, 0.1) is 19.9 Å². The van der Waals surface area contributed by atoms with Gasteiger partial charge >= 0.3 is 0 Å². The molecule has 4 rings (SSSR count). The van der Waals surface area contributed by atoms with Crippen LogP contribution in [0.1, 0.15) is 23.6 Å². The zero-order chi connectivity index (χ0) is 24.2. The molecule has 8 heteroatoms. The molecule has 0 aliphatic carbocycles. The van der Waals surface area contributed by atoms with Crippen LogP contribution in [-0.4, -0.2) is 22.5 Å². The van der Waals surface area contributed by atoms with Crippen LogP contribution in [0.5, 0.6) is 5.75 Å². The van der Waals surface area contributed by atoms with Gasteiger partial charge in [-0.3, -0.25) is 9.69 Å². The first-order chi connectivity index (χ1) is 16.3. The number of carbonyl (C=O) groups excluding carboxylic acids is 1. The van der Waals surface area contributed by atoms with Gasteiger partial charge in [0.1, 0.15) is 18.2 Å². The molecule has 1 aliphatic heterocycles. The second-order valence-corrected chi connectivity index (χ2v) is 11.0. The minimum Gasteiger partial charge on any atom is -0.487 e. The molecule has 174 valence electrons. The van der Waals surface area contributed by atoms with E-state index < -0.39 is 0 Å². The van der Waals surface area contributed by atoms with Crippen LogP contribution >= 0.6 is 56.9 Å². The van der Waals surface area contributed by atoms with E-state index in [9.17, 15) is 9.18 Å². The summed E-state index contributed by atoms with van der Waals surface area (Å²) in [5, 5.41) is 0.591. The largest absolute Gasteiger partial charge is 0.487 e. The third-order valence-corrected chi connectivity index (χ3v) is 7.65. The highest BCUT2D eigenvalue weighted by molar-refractivity contribution is 14.1. The van der Waals surface area contributed by atoms with Gasteiger partial charge in [-0.1, -0.05) is 29.8 Å². The molecule has 1 fully saturated rings. The third-order valence-electron chi connectivity index (χ3n) is 5.04. The molecule has 1 heterocycles. The lowest BCUT2D eigenvalue weighted by Gasteiger charge is -2.12. The number of rotatable bonds is 6. The Morgan fingerprint density at radius 2 is 1.79 bits per heavy atom. The predicted molar refractivity (Wildman–Crippen MR) is 154 cm³/mol. The Hall–Kier alpha value is -1.92. The summed E-state index contributed by atoms with van der Waals surface area (Å²) in [5.41, 5.74) is 3.86. The van der Waals surface area contributed by atoms with Crippen LogP contribution in [0.2, 0.25) is 0 Å². The van der Waals surface area contributed by atoms with Crippen LogP contribution in [0.3, 0.4) is 0 Å². The standard InChI is InChI=1S/C26H21FI2N2O2S/c1-3-31-25(32)23(34-26(31)30-20-9-7-19(27)8-10-20)14-18-12-21(28)24(22(29)13-18)33-15-17-6-4-5-16(2)11-17/h4-14H,3,15H2,1-2H3/b23-14+,30-26?. The monoisotopic (exact) mass is 698 g/mol. The first kappa shape index (κ1) is 25.2. The molecule has 0 saturated carbocycles. The van der Waals surface area contributed by atoms with Crippen LogP contribution in [0.15, 0.2) is 70.6 Å². The fourth-order valence-corrected chi connectivity index (χ4v) is 6.60. The van der Waals surface area contributed by atoms with Crippen molar-refractivity contribution in [3.8, 4) is 5.75 Å². The minimum absolute atomic E-state index is 0.0850. The molecule has 1 amide bonds. The summed E-state index contributed by atoms with van der Waals surface area (Å²) >= 11 is 5.87. The van der Waals surface area contributed by atoms with Crippen molar-refractivity contribution in [3.63, 3.8) is 0 Å². The van der Waals surface area contributed by atoms with Gasteiger partial charge in [-0.05, 0) is 124 Å². The van der Waals surface area contributed by atoms with Crippen LogP contribution < -0.4 is 4.74 Å². The molecule has 1 aliphatic rings. The van der Waals surface area contributed by atoms with Gasteiger partial charge in [0.15, 0.2) is 5.17 Å². The van der Waals surface area contributed by atoms with Gasteiger partial charge < -0.3 is 4.74 Å². The third kappa shape index (κ3) is 6.01. The molecular formula is C26H21FI2N2O2S. The number of nitrogens with zero attached hydrogens (tertiary/aromatic N) is 2. The molecule has 3 aromatic rings. The van der Waals surface area contributed by atoms with E-state index in [1.165, 1.54) is 29.5 Å². The van der Waals surface area contributed by atoms with Crippen molar-refractivity contribution >= 4 is 79.8 Å². The van der Waals surface area contributed by atoms with Gasteiger partial charge in [-0.25, -0.2) is 9.38 Å². The zero-order valence-corrected chi connectivity index (χ0v) is 23.6. The summed E-state index contributed by atoms with van der Waals surface area (Å²) in [4.78, 5) is 19.8. The van der Waals surface area contributed by atoms with Crippen LogP contribution in [0.25, 0.3) is 6.08 Å². The van der Waals surface area contributed by atoms with Crippen molar-refractivity contribution in [3.05, 3.63) is 95.2 Å². The predicted octanol–water partition coefficient (Wildman–Crippen LogP) is 7.55. The highest BCUT2D eigenvalue weighted by atomic mass is 127. The average molecular weight is 698 g/mol. The fourth-order valence-electron chi connectivity index (χ4n) is 3.41. The number of ether oxygens (including phenoxy) is 1. The Labute approximate surface area is 230 Å². The average Bonchev–Trinajstić information content (AvgIpc) is 3.08. The lowest BCUT2D eigenvalue weighted by Crippen LogP contribution is -2.28. The maximum Gasteiger partial charge on any atom is 0.266 e. The first-order valence-electron chi connectivity index (χ1n) is 10.6. The van der Waals surface area contributed by atoms with Crippen molar-refractivity contribution < 1.29 is 13.9 Å². The molecular weight excluding hydrogens is 677 g/mol. The number of likely N-dealkylation sites (N-methyl/N-ethyl adjacent to an activating group) is 1. The molecule has 1 saturated heterocycles. The normalized spacial score (nSPS) is 16.0. The Balaban J connectivity index is 1.55. The fraction of sp³-hybridized carbons (Fsp3) is 0.154. The summed E-state index contributed by atoms with van der Waals surface area (Å²) < 4.78 is 21.3. The summed E-state index contributed by atoms with van der Waals surface area (Å²) in [6.45, 7) is 4.98. The van der Waals surface area contributed by atoms with Gasteiger partial charge in [0.25, 0.3) is 5.91 Å². The Kier molecular flexibility index (Phi) is 8.30. The van der Waals surface area contributed by atoms with E-state index in [1.807, 2.05) is 31.2 Å². The summed E-state index contributed by atoms with van der Waals surface area (Å²) in [5.74, 6) is 0.435. The number of thioether (sulfide) groups is 1. The van der Waals surface area contributed by atoms with Gasteiger partial charge in [0.05, 0.1) is 17.7 Å². The molecule has 0 unspecified atom stereocenters. The second-order valence-electron chi connectivity index (χ2n) is 7.62. The Morgan fingerprint density at radius 1 is 1.09 bits per heavy atom. The van der Waals surface area contributed by atoms with E-state index in [2.05, 4.69) is 75.3 Å². The number of aryl methyl sites for hydroxylation is 1. The van der Waals surface area contributed by atoms with E-state index in [0.717, 1.165) is 24.0 Å². The van der Waals surface area contributed by atoms with E-state index in [-0.39, 0.29) is 11.7 Å². The number of hydrogen-bond acceptors (Lipinski definition) is 4. The summed E-state index contributed by atoms with van der Waals surface area (Å²) in [7, 11) is 0. The van der Waals surface area contributed by atoms with Crippen molar-refractivity contribution in [1.29, 1.82) is 0 Å². The van der Waals surface area contributed by atoms with Gasteiger partial charge in [0, 0.05) is 6.54 Å². The molecule has 0 N–H and O–H groups in total. The number of amidine groups is 1. The number of aliphatic imine (C=N–C) groups is 1. The van der Waals surface area contributed by atoms with E-state index >= 15 is 0 Å². The molecule has 0 radical (unpaired) electrons. The second kappa shape index (κ2) is 11.2. The molecule has 0 aromatic heterocycles. The van der Waals surface area contributed by atoms with Gasteiger partial charge in [0.2, 0.25) is 0 Å². The van der Waals surface area contributed by atoms with Crippen molar-refractivity contribution in [2.75, 3.05) is 6.54 Å². The lowest BCUT2D eigenvalue weighted by atomic mass is 10.1. The van der Waals surface area contributed by atoms with Crippen LogP contribution in [-0.2, 0) is 11.4 Å². The van der Waals surface area contributed by atoms with Gasteiger partial charge in [-0.15, -0.1) is 0 Å². The number of carbonyl (C=O) groups is 1. The zero-order valence-electron chi connectivity index (χ0n) is 18.5. The molecule has 34 heavy (non-hydrogen) atoms. The lowest BCUT2D eigenvalue weighted by molar-refractivity contribution is -0.122. The Bertz CT molecular complexity index is 1270. The maximum atomic E-state index is 13.2. The van der Waals surface area contributed by atoms with Crippen molar-refractivity contribution in [2.24, 2.45) is 4.99 Å². The number of amides is 1. The molecule has 0 spiro atoms. The minimum atomic E-state index is -0.317. The summed E-state index contributed by atoms with van der Waals surface area (Å²) in [6, 6.07) is 18.2. The quantitative estimate of drug-likeness (QED) is 0.198. The SMILES string of the molecule is CCN1C(=O)/C(=C\c2cc(I)c(OCc3cccc(C)c3)c(I)c2)SC1=Nc1ccc(F)cc1. The van der Waals surface area contributed by atoms with Crippen molar-refractivity contribution in [2.45, 2.75) is 20.5 Å². The topological polar surface area (TPSA) is 41.9 Å².